The maximum absolute atomic E-state index is 11.0. The predicted octanol–water partition coefficient (Wildman–Crippen LogP) is 5.47. The van der Waals surface area contributed by atoms with E-state index in [0.29, 0.717) is 6.42 Å². The zero-order valence-electron chi connectivity index (χ0n) is 16.7. The monoisotopic (exact) mass is 350 g/mol. The average Bonchev–Trinajstić information content (AvgIpc) is 3.02. The number of carbonyl (C=O) groups excluding carboxylic acids is 1. The highest BCUT2D eigenvalue weighted by molar-refractivity contribution is 5.68. The first-order valence-electron chi connectivity index (χ1n) is 10.3. The van der Waals surface area contributed by atoms with E-state index in [1.54, 1.807) is 0 Å². The van der Waals surface area contributed by atoms with Crippen molar-refractivity contribution in [1.82, 2.24) is 9.78 Å². The molecule has 0 bridgehead atoms. The molecular weight excluding hydrogens is 312 g/mol. The zero-order valence-corrected chi connectivity index (χ0v) is 16.7. The Morgan fingerprint density at radius 3 is 2.28 bits per heavy atom. The van der Waals surface area contributed by atoms with Crippen LogP contribution in [0.2, 0.25) is 0 Å². The van der Waals surface area contributed by atoms with Gasteiger partial charge < -0.3 is 4.74 Å². The Labute approximate surface area is 154 Å². The van der Waals surface area contributed by atoms with Gasteiger partial charge in [-0.15, -0.1) is 0 Å². The van der Waals surface area contributed by atoms with Crippen LogP contribution >= 0.6 is 0 Å². The lowest BCUT2D eigenvalue weighted by molar-refractivity contribution is -0.140. The van der Waals surface area contributed by atoms with E-state index in [1.165, 1.54) is 69.9 Å². The molecule has 0 N–H and O–H groups in total. The number of unbranched alkanes of at least 4 members (excludes halogenated alkanes) is 8. The molecule has 4 nitrogen and oxygen atoms in total. The van der Waals surface area contributed by atoms with Gasteiger partial charge in [0.15, 0.2) is 0 Å². The van der Waals surface area contributed by atoms with Crippen molar-refractivity contribution in [1.29, 1.82) is 0 Å². The molecule has 0 amide bonds. The Morgan fingerprint density at radius 2 is 1.60 bits per heavy atom. The summed E-state index contributed by atoms with van der Waals surface area (Å²) >= 11 is 0. The summed E-state index contributed by atoms with van der Waals surface area (Å²) in [6.07, 6.45) is 15.1. The van der Waals surface area contributed by atoms with Gasteiger partial charge in [-0.1, -0.05) is 51.9 Å². The lowest BCUT2D eigenvalue weighted by Crippen LogP contribution is -2.03. The van der Waals surface area contributed by atoms with Gasteiger partial charge in [0.25, 0.3) is 0 Å². The van der Waals surface area contributed by atoms with E-state index in [4.69, 9.17) is 5.10 Å². The second kappa shape index (κ2) is 13.9. The van der Waals surface area contributed by atoms with Crippen molar-refractivity contribution in [2.24, 2.45) is 0 Å². The van der Waals surface area contributed by atoms with Crippen LogP contribution in [0.1, 0.15) is 95.9 Å². The molecule has 0 aromatic carbocycles. The first-order chi connectivity index (χ1) is 12.2. The number of aromatic nitrogens is 2. The lowest BCUT2D eigenvalue weighted by Gasteiger charge is -2.04. The summed E-state index contributed by atoms with van der Waals surface area (Å²) in [5.41, 5.74) is 2.68. The number of esters is 1. The smallest absolute Gasteiger partial charge is 0.305 e. The van der Waals surface area contributed by atoms with Crippen LogP contribution in [0.4, 0.5) is 0 Å². The predicted molar refractivity (Wildman–Crippen MR) is 104 cm³/mol. The van der Waals surface area contributed by atoms with Crippen molar-refractivity contribution in [3.8, 4) is 0 Å². The largest absolute Gasteiger partial charge is 0.469 e. The average molecular weight is 351 g/mol. The Bertz CT molecular complexity index is 468. The van der Waals surface area contributed by atoms with Gasteiger partial charge in [0.1, 0.15) is 0 Å². The van der Waals surface area contributed by atoms with Crippen LogP contribution in [0.3, 0.4) is 0 Å². The molecule has 1 rings (SSSR count). The maximum Gasteiger partial charge on any atom is 0.305 e. The first kappa shape index (κ1) is 21.7. The van der Waals surface area contributed by atoms with Crippen molar-refractivity contribution in [2.75, 3.05) is 7.11 Å². The quantitative estimate of drug-likeness (QED) is 0.311. The standard InChI is InChI=1S/C21H38N2O2/c1-4-6-7-12-15-19-18-20(23(5-2)22-19)16-13-10-8-9-11-14-17-21(24)25-3/h18H,4-17H2,1-3H3. The van der Waals surface area contributed by atoms with Gasteiger partial charge >= 0.3 is 5.97 Å². The van der Waals surface area contributed by atoms with Crippen LogP contribution in [0, 0.1) is 0 Å². The van der Waals surface area contributed by atoms with Crippen molar-refractivity contribution in [3.63, 3.8) is 0 Å². The fourth-order valence-electron chi connectivity index (χ4n) is 3.23. The van der Waals surface area contributed by atoms with Gasteiger partial charge in [-0.25, -0.2) is 0 Å². The normalized spacial score (nSPS) is 11.0. The summed E-state index contributed by atoms with van der Waals surface area (Å²) in [6, 6.07) is 2.33. The van der Waals surface area contributed by atoms with Crippen LogP contribution in [0.15, 0.2) is 6.07 Å². The summed E-state index contributed by atoms with van der Waals surface area (Å²) in [5, 5.41) is 4.76. The Kier molecular flexibility index (Phi) is 12.1. The summed E-state index contributed by atoms with van der Waals surface area (Å²) in [6.45, 7) is 5.40. The van der Waals surface area contributed by atoms with Gasteiger partial charge in [-0.05, 0) is 45.1 Å². The highest BCUT2D eigenvalue weighted by Crippen LogP contribution is 2.14. The minimum atomic E-state index is -0.0849. The van der Waals surface area contributed by atoms with E-state index in [2.05, 4.69) is 29.3 Å². The van der Waals surface area contributed by atoms with Crippen LogP contribution in [0.25, 0.3) is 0 Å². The molecule has 0 aliphatic heterocycles. The molecule has 0 aliphatic carbocycles. The third-order valence-electron chi connectivity index (χ3n) is 4.79. The zero-order chi connectivity index (χ0) is 18.3. The highest BCUT2D eigenvalue weighted by atomic mass is 16.5. The summed E-state index contributed by atoms with van der Waals surface area (Å²) in [7, 11) is 1.46. The van der Waals surface area contributed by atoms with Crippen LogP contribution in [-0.2, 0) is 28.9 Å². The molecule has 0 saturated heterocycles. The molecule has 0 spiro atoms. The third kappa shape index (κ3) is 9.66. The van der Waals surface area contributed by atoms with Crippen molar-refractivity contribution in [2.45, 2.75) is 104 Å². The van der Waals surface area contributed by atoms with Crippen LogP contribution in [0.5, 0.6) is 0 Å². The summed E-state index contributed by atoms with van der Waals surface area (Å²) in [5.74, 6) is -0.0849. The van der Waals surface area contributed by atoms with Crippen molar-refractivity contribution >= 4 is 5.97 Å². The number of ether oxygens (including phenoxy) is 1. The molecule has 1 aromatic rings. The molecule has 25 heavy (non-hydrogen) atoms. The minimum Gasteiger partial charge on any atom is -0.469 e. The molecule has 1 aromatic heterocycles. The molecule has 0 saturated carbocycles. The van der Waals surface area contributed by atoms with Gasteiger partial charge in [0, 0.05) is 18.7 Å². The van der Waals surface area contributed by atoms with E-state index in [-0.39, 0.29) is 5.97 Å². The number of rotatable bonds is 15. The number of hydrogen-bond donors (Lipinski definition) is 0. The molecule has 4 heteroatoms. The Hall–Kier alpha value is -1.32. The third-order valence-corrected chi connectivity index (χ3v) is 4.79. The van der Waals surface area contributed by atoms with E-state index < -0.39 is 0 Å². The molecule has 0 fully saturated rings. The van der Waals surface area contributed by atoms with Crippen LogP contribution < -0.4 is 0 Å². The van der Waals surface area contributed by atoms with E-state index in [1.807, 2.05) is 0 Å². The molecule has 0 radical (unpaired) electrons. The first-order valence-corrected chi connectivity index (χ1v) is 10.3. The maximum atomic E-state index is 11.0. The van der Waals surface area contributed by atoms with E-state index in [0.717, 1.165) is 32.2 Å². The van der Waals surface area contributed by atoms with Gasteiger partial charge in [0.05, 0.1) is 12.8 Å². The summed E-state index contributed by atoms with van der Waals surface area (Å²) < 4.78 is 6.84. The second-order valence-corrected chi connectivity index (χ2v) is 6.95. The molecular formula is C21H38N2O2. The lowest BCUT2D eigenvalue weighted by atomic mass is 10.1. The number of methoxy groups -OCH3 is 1. The summed E-state index contributed by atoms with van der Waals surface area (Å²) in [4.78, 5) is 11.0. The molecule has 0 aliphatic rings. The number of aryl methyl sites for hydroxylation is 3. The molecule has 1 heterocycles. The topological polar surface area (TPSA) is 44.1 Å². The van der Waals surface area contributed by atoms with E-state index >= 15 is 0 Å². The minimum absolute atomic E-state index is 0.0849. The van der Waals surface area contributed by atoms with Crippen molar-refractivity contribution in [3.05, 3.63) is 17.5 Å². The number of nitrogens with zero attached hydrogens (tertiary/aromatic N) is 2. The SMILES string of the molecule is CCCCCCc1cc(CCCCCCCCC(=O)OC)n(CC)n1. The van der Waals surface area contributed by atoms with Gasteiger partial charge in [-0.2, -0.15) is 5.10 Å². The highest BCUT2D eigenvalue weighted by Gasteiger charge is 2.07. The molecule has 144 valence electrons. The number of hydrogen-bond acceptors (Lipinski definition) is 3. The Morgan fingerprint density at radius 1 is 0.960 bits per heavy atom. The van der Waals surface area contributed by atoms with Gasteiger partial charge in [0.2, 0.25) is 0 Å². The van der Waals surface area contributed by atoms with Crippen LogP contribution in [-0.4, -0.2) is 22.9 Å². The fraction of sp³-hybridized carbons (Fsp3) is 0.810. The Balaban J connectivity index is 2.16. The second-order valence-electron chi connectivity index (χ2n) is 6.95. The fourth-order valence-corrected chi connectivity index (χ4v) is 3.23. The number of carbonyl (C=O) groups is 1. The molecule has 0 atom stereocenters. The van der Waals surface area contributed by atoms with Crippen molar-refractivity contribution < 1.29 is 9.53 Å². The van der Waals surface area contributed by atoms with E-state index in [9.17, 15) is 4.79 Å². The molecule has 0 unspecified atom stereocenters. The van der Waals surface area contributed by atoms with Gasteiger partial charge in [-0.3, -0.25) is 9.48 Å².